The van der Waals surface area contributed by atoms with Gasteiger partial charge in [-0.25, -0.2) is 0 Å². The van der Waals surface area contributed by atoms with E-state index in [0.717, 1.165) is 6.07 Å². The van der Waals surface area contributed by atoms with Crippen LogP contribution in [0.1, 0.15) is 45.9 Å². The molecule has 6 rings (SSSR count). The van der Waals surface area contributed by atoms with Gasteiger partial charge >= 0.3 is 0 Å². The van der Waals surface area contributed by atoms with Crippen LogP contribution in [0.4, 0.5) is 0 Å². The maximum atomic E-state index is 11.7. The van der Waals surface area contributed by atoms with Gasteiger partial charge in [-0.05, 0) is 41.5 Å². The van der Waals surface area contributed by atoms with Crippen molar-refractivity contribution in [3.63, 3.8) is 0 Å². The fraction of sp³-hybridized carbons (Fsp3) is 0.200. The predicted octanol–water partition coefficient (Wildman–Crippen LogP) is 3.29. The number of hydrogen-bond acceptors (Lipinski definition) is 11. The number of benzene rings is 4. The number of aliphatic hydroxyl groups is 2. The van der Waals surface area contributed by atoms with E-state index < -0.39 is 41.8 Å². The van der Waals surface area contributed by atoms with Gasteiger partial charge in [0.15, 0.2) is 29.1 Å². The van der Waals surface area contributed by atoms with E-state index in [4.69, 9.17) is 9.47 Å². The molecular formula is C30H26O11. The van der Waals surface area contributed by atoms with Gasteiger partial charge in [-0.1, -0.05) is 18.2 Å². The molecule has 0 aliphatic carbocycles. The molecule has 4 aromatic rings. The Morgan fingerprint density at radius 3 is 1.83 bits per heavy atom. The summed E-state index contributed by atoms with van der Waals surface area (Å²) in [7, 11) is 0. The number of rotatable bonds is 3. The highest BCUT2D eigenvalue weighted by atomic mass is 16.5. The average molecular weight is 563 g/mol. The van der Waals surface area contributed by atoms with Crippen LogP contribution in [0.2, 0.25) is 0 Å². The number of aliphatic hydroxyl groups excluding tert-OH is 2. The Kier molecular flexibility index (Phi) is 6.13. The van der Waals surface area contributed by atoms with Crippen molar-refractivity contribution >= 4 is 0 Å². The molecule has 0 bridgehead atoms. The lowest BCUT2D eigenvalue weighted by molar-refractivity contribution is -0.00244. The fourth-order valence-electron chi connectivity index (χ4n) is 5.60. The maximum absolute atomic E-state index is 11.7. The molecule has 4 aromatic carbocycles. The van der Waals surface area contributed by atoms with E-state index in [1.54, 1.807) is 0 Å². The average Bonchev–Trinajstić information content (AvgIpc) is 2.92. The second kappa shape index (κ2) is 9.58. The zero-order chi connectivity index (χ0) is 29.2. The Bertz CT molecular complexity index is 1670. The number of ether oxygens (including phenoxy) is 2. The van der Waals surface area contributed by atoms with E-state index in [1.807, 2.05) is 0 Å². The molecule has 0 unspecified atom stereocenters. The van der Waals surface area contributed by atoms with Gasteiger partial charge in [0, 0.05) is 41.2 Å². The Hall–Kier alpha value is -5.00. The van der Waals surface area contributed by atoms with Gasteiger partial charge in [-0.15, -0.1) is 0 Å². The molecule has 11 nitrogen and oxygen atoms in total. The quantitative estimate of drug-likeness (QED) is 0.166. The molecule has 2 heterocycles. The second-order valence-electron chi connectivity index (χ2n) is 10.2. The first-order valence-corrected chi connectivity index (χ1v) is 12.7. The fourth-order valence-corrected chi connectivity index (χ4v) is 5.60. The maximum Gasteiger partial charge on any atom is 0.157 e. The summed E-state index contributed by atoms with van der Waals surface area (Å²) in [4.78, 5) is 0. The minimum absolute atomic E-state index is 0.0743. The van der Waals surface area contributed by atoms with Gasteiger partial charge in [-0.3, -0.25) is 0 Å². The lowest BCUT2D eigenvalue weighted by Gasteiger charge is -2.41. The van der Waals surface area contributed by atoms with Crippen LogP contribution in [0.25, 0.3) is 0 Å². The zero-order valence-corrected chi connectivity index (χ0v) is 21.2. The molecule has 2 aliphatic rings. The second-order valence-corrected chi connectivity index (χ2v) is 10.2. The number of phenols is 7. The Labute approximate surface area is 232 Å². The zero-order valence-electron chi connectivity index (χ0n) is 21.2. The van der Waals surface area contributed by atoms with Crippen molar-refractivity contribution in [2.75, 3.05) is 0 Å². The number of phenolic OH excluding ortho intramolecular Hbond substituents is 7. The molecule has 212 valence electrons. The van der Waals surface area contributed by atoms with Gasteiger partial charge in [-0.2, -0.15) is 0 Å². The molecule has 0 amide bonds. The number of fused-ring (bicyclic) bond motifs is 3. The SMILES string of the molecule is Oc1ccc([C@@H]2c3c(cc(O)c4c3O[C@@H](c3ccc(O)c(O)c3)[C@H](O)C4)O[C@H](c3ccc(O)c(O)c3)[C@@H]2O)c(O)c1. The molecule has 0 radical (unpaired) electrons. The Morgan fingerprint density at radius 1 is 0.585 bits per heavy atom. The summed E-state index contributed by atoms with van der Waals surface area (Å²) in [6.07, 6.45) is -4.89. The minimum Gasteiger partial charge on any atom is -0.508 e. The standard InChI is InChI=1S/C30H26O11/c31-14-3-4-15(19(34)9-14)25-26-24(40-29(27(25)39)13-2-6-18(33)22(37)8-13)11-20(35)16-10-23(38)28(41-30(16)26)12-1-5-17(32)21(36)7-12/h1-9,11,23,25,27-29,31-39H,10H2/t23-,25-,27-,28+,29-/m1/s1. The van der Waals surface area contributed by atoms with Crippen molar-refractivity contribution in [3.05, 3.63) is 88.5 Å². The van der Waals surface area contributed by atoms with E-state index in [1.165, 1.54) is 54.6 Å². The highest BCUT2D eigenvalue weighted by molar-refractivity contribution is 5.64. The number of aromatic hydroxyl groups is 7. The first-order chi connectivity index (χ1) is 19.5. The number of hydrogen-bond donors (Lipinski definition) is 9. The highest BCUT2D eigenvalue weighted by Gasteiger charge is 2.45. The first-order valence-electron chi connectivity index (χ1n) is 12.7. The molecule has 0 aromatic heterocycles. The molecule has 0 saturated carbocycles. The smallest absolute Gasteiger partial charge is 0.157 e. The van der Waals surface area contributed by atoms with Gasteiger partial charge in [0.2, 0.25) is 0 Å². The van der Waals surface area contributed by atoms with E-state index >= 15 is 0 Å². The van der Waals surface area contributed by atoms with Crippen molar-refractivity contribution in [1.82, 2.24) is 0 Å². The van der Waals surface area contributed by atoms with Crippen LogP contribution >= 0.6 is 0 Å². The van der Waals surface area contributed by atoms with E-state index in [2.05, 4.69) is 0 Å². The Balaban J connectivity index is 1.55. The normalized spacial score (nSPS) is 23.1. The van der Waals surface area contributed by atoms with Crippen LogP contribution in [-0.2, 0) is 6.42 Å². The molecule has 9 N–H and O–H groups in total. The van der Waals surface area contributed by atoms with Crippen LogP contribution in [0.5, 0.6) is 51.7 Å². The van der Waals surface area contributed by atoms with Crippen LogP contribution in [0, 0.1) is 0 Å². The summed E-state index contributed by atoms with van der Waals surface area (Å²) in [5.74, 6) is -3.35. The molecule has 2 aliphatic heterocycles. The van der Waals surface area contributed by atoms with Crippen molar-refractivity contribution in [2.45, 2.75) is 36.8 Å². The van der Waals surface area contributed by atoms with Crippen molar-refractivity contribution in [2.24, 2.45) is 0 Å². The summed E-state index contributed by atoms with van der Waals surface area (Å²) in [5, 5.41) is 94.1. The van der Waals surface area contributed by atoms with E-state index in [-0.39, 0.29) is 68.9 Å². The van der Waals surface area contributed by atoms with Crippen LogP contribution in [-0.4, -0.2) is 58.2 Å². The summed E-state index contributed by atoms with van der Waals surface area (Å²) < 4.78 is 12.4. The largest absolute Gasteiger partial charge is 0.508 e. The van der Waals surface area contributed by atoms with E-state index in [0.29, 0.717) is 5.56 Å². The summed E-state index contributed by atoms with van der Waals surface area (Å²) in [6, 6.07) is 13.0. The van der Waals surface area contributed by atoms with E-state index in [9.17, 15) is 46.0 Å². The molecule has 41 heavy (non-hydrogen) atoms. The topological polar surface area (TPSA) is 201 Å². The van der Waals surface area contributed by atoms with Gasteiger partial charge < -0.3 is 55.4 Å². The third-order valence-corrected chi connectivity index (χ3v) is 7.59. The third-order valence-electron chi connectivity index (χ3n) is 7.59. The lowest BCUT2D eigenvalue weighted by atomic mass is 9.77. The van der Waals surface area contributed by atoms with Crippen molar-refractivity contribution < 1.29 is 55.4 Å². The van der Waals surface area contributed by atoms with Crippen LogP contribution in [0.3, 0.4) is 0 Å². The van der Waals surface area contributed by atoms with Gasteiger partial charge in [0.25, 0.3) is 0 Å². The Morgan fingerprint density at radius 2 is 1.22 bits per heavy atom. The lowest BCUT2D eigenvalue weighted by Crippen LogP contribution is -2.37. The highest BCUT2D eigenvalue weighted by Crippen LogP contribution is 2.56. The molecular weight excluding hydrogens is 536 g/mol. The first kappa shape index (κ1) is 26.2. The third kappa shape index (κ3) is 4.31. The molecule has 0 spiro atoms. The predicted molar refractivity (Wildman–Crippen MR) is 142 cm³/mol. The summed E-state index contributed by atoms with van der Waals surface area (Å²) >= 11 is 0. The van der Waals surface area contributed by atoms with Gasteiger partial charge in [0.1, 0.15) is 41.0 Å². The minimum atomic E-state index is -1.43. The monoisotopic (exact) mass is 562 g/mol. The van der Waals surface area contributed by atoms with Crippen molar-refractivity contribution in [1.29, 1.82) is 0 Å². The summed E-state index contributed by atoms with van der Waals surface area (Å²) in [5.41, 5.74) is 1.26. The summed E-state index contributed by atoms with van der Waals surface area (Å²) in [6.45, 7) is 0. The molecule has 5 atom stereocenters. The van der Waals surface area contributed by atoms with Crippen LogP contribution in [0.15, 0.2) is 60.7 Å². The van der Waals surface area contributed by atoms with Gasteiger partial charge in [0.05, 0.1) is 6.10 Å². The molecule has 0 fully saturated rings. The van der Waals surface area contributed by atoms with Crippen molar-refractivity contribution in [3.8, 4) is 51.7 Å². The molecule has 11 heteroatoms. The van der Waals surface area contributed by atoms with Crippen LogP contribution < -0.4 is 9.47 Å². The molecule has 0 saturated heterocycles.